The number of aryl methyl sites for hydroxylation is 2. The van der Waals surface area contributed by atoms with E-state index < -0.39 is 0 Å². The molecule has 7 nitrogen and oxygen atoms in total. The summed E-state index contributed by atoms with van der Waals surface area (Å²) in [5, 5.41) is 11.9. The number of aromatic nitrogens is 4. The quantitative estimate of drug-likeness (QED) is 0.831. The van der Waals surface area contributed by atoms with Crippen molar-refractivity contribution < 1.29 is 0 Å². The van der Waals surface area contributed by atoms with Crippen LogP contribution in [0, 0.1) is 6.92 Å². The topological polar surface area (TPSA) is 90.8 Å². The fraction of sp³-hybridized carbons (Fsp3) is 0.417. The van der Waals surface area contributed by atoms with Gasteiger partial charge in [0.25, 0.3) is 5.56 Å². The van der Waals surface area contributed by atoms with Gasteiger partial charge in [-0.05, 0) is 6.92 Å². The van der Waals surface area contributed by atoms with Crippen LogP contribution in [-0.4, -0.2) is 32.7 Å². The first-order valence-corrected chi connectivity index (χ1v) is 6.59. The number of anilines is 1. The standard InChI is InChI=1S/C12H17ClN6O/c1-8-12(13)10(18(2)17-8)7-19-11(20)5-9(6-16-19)15-4-3-14/h5-6,15H,3-4,7,14H2,1-2H3. The van der Waals surface area contributed by atoms with Crippen LogP contribution in [0.4, 0.5) is 5.69 Å². The van der Waals surface area contributed by atoms with E-state index in [9.17, 15) is 4.79 Å². The van der Waals surface area contributed by atoms with E-state index in [1.807, 2.05) is 6.92 Å². The van der Waals surface area contributed by atoms with Gasteiger partial charge in [0.15, 0.2) is 0 Å². The number of hydrogen-bond acceptors (Lipinski definition) is 5. The molecule has 0 unspecified atom stereocenters. The van der Waals surface area contributed by atoms with Crippen LogP contribution >= 0.6 is 11.6 Å². The summed E-state index contributed by atoms with van der Waals surface area (Å²) in [5.41, 5.74) is 7.33. The van der Waals surface area contributed by atoms with Crippen molar-refractivity contribution in [3.05, 3.63) is 39.0 Å². The third-order valence-electron chi connectivity index (χ3n) is 2.90. The Hall–Kier alpha value is -1.86. The number of nitrogens with zero attached hydrogens (tertiary/aromatic N) is 4. The molecule has 2 rings (SSSR count). The highest BCUT2D eigenvalue weighted by molar-refractivity contribution is 6.31. The van der Waals surface area contributed by atoms with E-state index in [0.29, 0.717) is 23.8 Å². The summed E-state index contributed by atoms with van der Waals surface area (Å²) in [6, 6.07) is 1.49. The molecule has 0 aliphatic heterocycles. The van der Waals surface area contributed by atoms with Gasteiger partial charge in [-0.2, -0.15) is 10.2 Å². The van der Waals surface area contributed by atoms with Crippen LogP contribution < -0.4 is 16.6 Å². The molecule has 0 aliphatic carbocycles. The average Bonchev–Trinajstić information content (AvgIpc) is 2.65. The maximum Gasteiger partial charge on any atom is 0.269 e. The minimum absolute atomic E-state index is 0.207. The lowest BCUT2D eigenvalue weighted by atomic mass is 10.3. The first-order valence-electron chi connectivity index (χ1n) is 6.22. The molecule has 0 amide bonds. The van der Waals surface area contributed by atoms with Gasteiger partial charge in [0.05, 0.1) is 34.8 Å². The largest absolute Gasteiger partial charge is 0.382 e. The molecule has 3 N–H and O–H groups in total. The Morgan fingerprint density at radius 2 is 2.25 bits per heavy atom. The second kappa shape index (κ2) is 6.06. The van der Waals surface area contributed by atoms with Gasteiger partial charge in [-0.15, -0.1) is 0 Å². The first kappa shape index (κ1) is 14.5. The molecule has 2 aromatic rings. The second-order valence-corrected chi connectivity index (χ2v) is 4.80. The maximum atomic E-state index is 12.0. The monoisotopic (exact) mass is 296 g/mol. The molecule has 0 fully saturated rings. The summed E-state index contributed by atoms with van der Waals surface area (Å²) in [7, 11) is 1.79. The molecular weight excluding hydrogens is 280 g/mol. The van der Waals surface area contributed by atoms with Gasteiger partial charge in [0.1, 0.15) is 0 Å². The molecule has 20 heavy (non-hydrogen) atoms. The van der Waals surface area contributed by atoms with Crippen molar-refractivity contribution in [2.45, 2.75) is 13.5 Å². The minimum Gasteiger partial charge on any atom is -0.382 e. The van der Waals surface area contributed by atoms with E-state index in [0.717, 1.165) is 11.4 Å². The number of halogens is 1. The lowest BCUT2D eigenvalue weighted by molar-refractivity contribution is 0.591. The molecule has 2 heterocycles. The van der Waals surface area contributed by atoms with Crippen molar-refractivity contribution in [2.75, 3.05) is 18.4 Å². The molecule has 0 saturated carbocycles. The highest BCUT2D eigenvalue weighted by atomic mass is 35.5. The van der Waals surface area contributed by atoms with Gasteiger partial charge in [0.2, 0.25) is 0 Å². The Labute approximate surface area is 121 Å². The van der Waals surface area contributed by atoms with Crippen LogP contribution in [0.15, 0.2) is 17.1 Å². The van der Waals surface area contributed by atoms with Crippen molar-refractivity contribution in [3.63, 3.8) is 0 Å². The normalized spacial score (nSPS) is 10.8. The summed E-state index contributed by atoms with van der Waals surface area (Å²) in [6.07, 6.45) is 1.59. The summed E-state index contributed by atoms with van der Waals surface area (Å²) in [6.45, 7) is 3.19. The third-order valence-corrected chi connectivity index (χ3v) is 3.40. The van der Waals surface area contributed by atoms with Crippen LogP contribution in [0.3, 0.4) is 0 Å². The molecule has 0 aliphatic rings. The van der Waals surface area contributed by atoms with Crippen LogP contribution in [0.5, 0.6) is 0 Å². The van der Waals surface area contributed by atoms with E-state index in [1.165, 1.54) is 10.7 Å². The molecule has 8 heteroatoms. The van der Waals surface area contributed by atoms with Gasteiger partial charge in [-0.3, -0.25) is 9.48 Å². The summed E-state index contributed by atoms with van der Waals surface area (Å²) >= 11 is 6.16. The molecule has 108 valence electrons. The minimum atomic E-state index is -0.207. The molecule has 0 radical (unpaired) electrons. The zero-order valence-electron chi connectivity index (χ0n) is 11.4. The molecular formula is C12H17ClN6O. The van der Waals surface area contributed by atoms with Crippen molar-refractivity contribution >= 4 is 17.3 Å². The van der Waals surface area contributed by atoms with Crippen molar-refractivity contribution in [3.8, 4) is 0 Å². The number of nitrogens with two attached hydrogens (primary N) is 1. The third kappa shape index (κ3) is 3.00. The smallest absolute Gasteiger partial charge is 0.269 e. The Morgan fingerprint density at radius 1 is 1.50 bits per heavy atom. The maximum absolute atomic E-state index is 12.0. The van der Waals surface area contributed by atoms with Gasteiger partial charge >= 0.3 is 0 Å². The van der Waals surface area contributed by atoms with Crippen LogP contribution in [0.25, 0.3) is 0 Å². The zero-order valence-corrected chi connectivity index (χ0v) is 12.2. The van der Waals surface area contributed by atoms with Crippen LogP contribution in [-0.2, 0) is 13.6 Å². The summed E-state index contributed by atoms with van der Waals surface area (Å²) in [5.74, 6) is 0. The number of nitrogens with one attached hydrogen (secondary N) is 1. The average molecular weight is 297 g/mol. The number of rotatable bonds is 5. The van der Waals surface area contributed by atoms with E-state index in [1.54, 1.807) is 17.9 Å². The first-order chi connectivity index (χ1) is 9.52. The van der Waals surface area contributed by atoms with E-state index in [-0.39, 0.29) is 12.1 Å². The Balaban J connectivity index is 2.24. The van der Waals surface area contributed by atoms with Gasteiger partial charge in [0, 0.05) is 26.2 Å². The summed E-state index contributed by atoms with van der Waals surface area (Å²) < 4.78 is 3.00. The lowest BCUT2D eigenvalue weighted by Crippen LogP contribution is -2.25. The highest BCUT2D eigenvalue weighted by Crippen LogP contribution is 2.19. The van der Waals surface area contributed by atoms with Gasteiger partial charge in [-0.1, -0.05) is 11.6 Å². The zero-order chi connectivity index (χ0) is 14.7. The fourth-order valence-electron chi connectivity index (χ4n) is 1.86. The second-order valence-electron chi connectivity index (χ2n) is 4.43. The van der Waals surface area contributed by atoms with Crippen molar-refractivity contribution in [1.82, 2.24) is 19.6 Å². The molecule has 0 spiro atoms. The van der Waals surface area contributed by atoms with Crippen molar-refractivity contribution in [1.29, 1.82) is 0 Å². The Morgan fingerprint density at radius 3 is 2.80 bits per heavy atom. The fourth-order valence-corrected chi connectivity index (χ4v) is 2.08. The predicted molar refractivity (Wildman–Crippen MR) is 78.1 cm³/mol. The van der Waals surface area contributed by atoms with Gasteiger partial charge in [-0.25, -0.2) is 4.68 Å². The molecule has 0 aromatic carbocycles. The molecule has 0 saturated heterocycles. The predicted octanol–water partition coefficient (Wildman–Crippen LogP) is 0.358. The van der Waals surface area contributed by atoms with Crippen LogP contribution in [0.2, 0.25) is 5.02 Å². The summed E-state index contributed by atoms with van der Waals surface area (Å²) in [4.78, 5) is 12.0. The Kier molecular flexibility index (Phi) is 4.41. The van der Waals surface area contributed by atoms with E-state index >= 15 is 0 Å². The lowest BCUT2D eigenvalue weighted by Gasteiger charge is -2.08. The van der Waals surface area contributed by atoms with E-state index in [4.69, 9.17) is 17.3 Å². The molecule has 2 aromatic heterocycles. The highest BCUT2D eigenvalue weighted by Gasteiger charge is 2.12. The van der Waals surface area contributed by atoms with Crippen molar-refractivity contribution in [2.24, 2.45) is 12.8 Å². The Bertz CT molecular complexity index is 662. The van der Waals surface area contributed by atoms with E-state index in [2.05, 4.69) is 15.5 Å². The SMILES string of the molecule is Cc1nn(C)c(Cn2ncc(NCCN)cc2=O)c1Cl. The molecule has 0 atom stereocenters. The molecule has 0 bridgehead atoms. The van der Waals surface area contributed by atoms with Crippen LogP contribution in [0.1, 0.15) is 11.4 Å². The number of hydrogen-bond donors (Lipinski definition) is 2. The van der Waals surface area contributed by atoms with Gasteiger partial charge < -0.3 is 11.1 Å².